The van der Waals surface area contributed by atoms with Crippen LogP contribution in [0.4, 0.5) is 0 Å². The Hall–Kier alpha value is -3.39. The summed E-state index contributed by atoms with van der Waals surface area (Å²) >= 11 is 0. The van der Waals surface area contributed by atoms with Gasteiger partial charge in [-0.3, -0.25) is 14.5 Å². The zero-order valence-corrected chi connectivity index (χ0v) is 18.0. The van der Waals surface area contributed by atoms with E-state index in [4.69, 9.17) is 0 Å². The standard InChI is InChI=1S/C23H26N6O2/c1-4-18-23(31)28-20-11-15(12-25-21(20)27-18)13-29-9-7-16(8-10-29)17-5-6-19(22(30)24-3)26-14(17)2/h5-7,11-12H,4,8-10,13H2,1-3H3,(H,24,30)(H,28,31). The molecular formula is C23H26N6O2. The molecule has 2 N–H and O–H groups in total. The first-order chi connectivity index (χ1) is 15.0. The highest BCUT2D eigenvalue weighted by Crippen LogP contribution is 2.25. The van der Waals surface area contributed by atoms with Crippen molar-refractivity contribution in [2.75, 3.05) is 20.1 Å². The second-order valence-corrected chi connectivity index (χ2v) is 7.70. The van der Waals surface area contributed by atoms with Crippen LogP contribution in [0.1, 0.15) is 46.3 Å². The molecule has 8 nitrogen and oxygen atoms in total. The molecule has 31 heavy (non-hydrogen) atoms. The second kappa shape index (κ2) is 8.77. The predicted octanol–water partition coefficient (Wildman–Crippen LogP) is 2.23. The van der Waals surface area contributed by atoms with E-state index in [0.717, 1.165) is 42.9 Å². The molecule has 0 radical (unpaired) electrons. The minimum atomic E-state index is -0.176. The third kappa shape index (κ3) is 4.39. The number of carbonyl (C=O) groups excluding carboxylic acids is 1. The van der Waals surface area contributed by atoms with Gasteiger partial charge in [0.05, 0.1) is 5.52 Å². The number of fused-ring (bicyclic) bond motifs is 1. The fourth-order valence-electron chi connectivity index (χ4n) is 3.89. The zero-order valence-electron chi connectivity index (χ0n) is 18.0. The van der Waals surface area contributed by atoms with Crippen LogP contribution >= 0.6 is 0 Å². The van der Waals surface area contributed by atoms with Gasteiger partial charge in [0.15, 0.2) is 5.65 Å². The smallest absolute Gasteiger partial charge is 0.270 e. The normalized spacial score (nSPS) is 14.5. The first kappa shape index (κ1) is 20.9. The van der Waals surface area contributed by atoms with Crippen molar-refractivity contribution in [1.29, 1.82) is 0 Å². The lowest BCUT2D eigenvalue weighted by atomic mass is 9.97. The molecule has 160 valence electrons. The number of pyridine rings is 2. The number of aryl methyl sites for hydroxylation is 2. The molecule has 0 aromatic carbocycles. The van der Waals surface area contributed by atoms with Crippen LogP contribution in [0.15, 0.2) is 35.3 Å². The lowest BCUT2D eigenvalue weighted by Crippen LogP contribution is -2.28. The van der Waals surface area contributed by atoms with E-state index < -0.39 is 0 Å². The van der Waals surface area contributed by atoms with Crippen molar-refractivity contribution in [1.82, 2.24) is 30.2 Å². The third-order valence-corrected chi connectivity index (χ3v) is 5.60. The SMILES string of the molecule is CCc1nc2ncc(CN3CC=C(c4ccc(C(=O)NC)nc4C)CC3)cc2[nH]c1=O. The molecule has 0 aliphatic carbocycles. The summed E-state index contributed by atoms with van der Waals surface area (Å²) < 4.78 is 0. The number of aromatic nitrogens is 4. The van der Waals surface area contributed by atoms with E-state index in [2.05, 4.69) is 36.2 Å². The Morgan fingerprint density at radius 3 is 2.81 bits per heavy atom. The van der Waals surface area contributed by atoms with Gasteiger partial charge in [0.25, 0.3) is 11.5 Å². The lowest BCUT2D eigenvalue weighted by molar-refractivity contribution is 0.0958. The number of nitrogens with one attached hydrogen (secondary N) is 2. The highest BCUT2D eigenvalue weighted by atomic mass is 16.1. The van der Waals surface area contributed by atoms with Gasteiger partial charge in [0.1, 0.15) is 11.4 Å². The van der Waals surface area contributed by atoms with Gasteiger partial charge in [0.2, 0.25) is 0 Å². The van der Waals surface area contributed by atoms with Gasteiger partial charge in [0, 0.05) is 38.6 Å². The van der Waals surface area contributed by atoms with Crippen molar-refractivity contribution < 1.29 is 4.79 Å². The summed E-state index contributed by atoms with van der Waals surface area (Å²) in [5.41, 5.74) is 6.29. The summed E-state index contributed by atoms with van der Waals surface area (Å²) in [6, 6.07) is 5.71. The Balaban J connectivity index is 1.47. The van der Waals surface area contributed by atoms with E-state index >= 15 is 0 Å². The van der Waals surface area contributed by atoms with Gasteiger partial charge < -0.3 is 10.3 Å². The summed E-state index contributed by atoms with van der Waals surface area (Å²) in [7, 11) is 1.60. The van der Waals surface area contributed by atoms with Crippen molar-refractivity contribution in [3.63, 3.8) is 0 Å². The molecule has 1 amide bonds. The van der Waals surface area contributed by atoms with Gasteiger partial charge in [-0.05, 0) is 48.6 Å². The minimum Gasteiger partial charge on any atom is -0.354 e. The zero-order chi connectivity index (χ0) is 22.0. The average Bonchev–Trinajstić information content (AvgIpc) is 2.78. The van der Waals surface area contributed by atoms with Crippen LogP contribution in [0.25, 0.3) is 16.7 Å². The Labute approximate surface area is 180 Å². The van der Waals surface area contributed by atoms with E-state index in [1.165, 1.54) is 5.57 Å². The van der Waals surface area contributed by atoms with E-state index in [0.29, 0.717) is 29.0 Å². The number of aromatic amines is 1. The maximum absolute atomic E-state index is 12.0. The van der Waals surface area contributed by atoms with Gasteiger partial charge in [-0.25, -0.2) is 15.0 Å². The fraction of sp³-hybridized carbons (Fsp3) is 0.348. The van der Waals surface area contributed by atoms with Crippen LogP contribution in [0.2, 0.25) is 0 Å². The molecule has 4 rings (SSSR count). The molecule has 0 atom stereocenters. The molecule has 0 bridgehead atoms. The molecule has 1 aliphatic rings. The molecule has 4 heterocycles. The molecule has 0 unspecified atom stereocenters. The maximum Gasteiger partial charge on any atom is 0.270 e. The molecule has 3 aromatic heterocycles. The molecule has 3 aromatic rings. The largest absolute Gasteiger partial charge is 0.354 e. The summed E-state index contributed by atoms with van der Waals surface area (Å²) in [5.74, 6) is -0.176. The topological polar surface area (TPSA) is 104 Å². The highest BCUT2D eigenvalue weighted by Gasteiger charge is 2.17. The number of nitrogens with zero attached hydrogens (tertiary/aromatic N) is 4. The van der Waals surface area contributed by atoms with Crippen LogP contribution in [-0.2, 0) is 13.0 Å². The van der Waals surface area contributed by atoms with E-state index in [9.17, 15) is 9.59 Å². The Kier molecular flexibility index (Phi) is 5.90. The first-order valence-corrected chi connectivity index (χ1v) is 10.5. The number of rotatable bonds is 5. The molecule has 0 saturated carbocycles. The van der Waals surface area contributed by atoms with Crippen LogP contribution in [0.5, 0.6) is 0 Å². The lowest BCUT2D eigenvalue weighted by Gasteiger charge is -2.27. The van der Waals surface area contributed by atoms with Crippen LogP contribution < -0.4 is 10.9 Å². The predicted molar refractivity (Wildman–Crippen MR) is 120 cm³/mol. The monoisotopic (exact) mass is 418 g/mol. The quantitative estimate of drug-likeness (QED) is 0.659. The number of carbonyl (C=O) groups is 1. The molecule has 8 heteroatoms. The number of hydrogen-bond acceptors (Lipinski definition) is 6. The van der Waals surface area contributed by atoms with Crippen molar-refractivity contribution in [2.24, 2.45) is 0 Å². The summed E-state index contributed by atoms with van der Waals surface area (Å²) in [5, 5.41) is 2.60. The Morgan fingerprint density at radius 1 is 1.29 bits per heavy atom. The molecule has 0 fully saturated rings. The van der Waals surface area contributed by atoms with Gasteiger partial charge in [-0.1, -0.05) is 19.1 Å². The molecule has 1 aliphatic heterocycles. The number of H-pyrrole nitrogens is 1. The molecule has 0 saturated heterocycles. The third-order valence-electron chi connectivity index (χ3n) is 5.60. The van der Waals surface area contributed by atoms with Crippen LogP contribution in [0.3, 0.4) is 0 Å². The van der Waals surface area contributed by atoms with Crippen molar-refractivity contribution in [3.8, 4) is 0 Å². The van der Waals surface area contributed by atoms with Crippen molar-refractivity contribution in [3.05, 3.63) is 69.0 Å². The molecule has 0 spiro atoms. The summed E-state index contributed by atoms with van der Waals surface area (Å²) in [6.45, 7) is 6.31. The maximum atomic E-state index is 12.0. The second-order valence-electron chi connectivity index (χ2n) is 7.70. The summed E-state index contributed by atoms with van der Waals surface area (Å²) in [6.07, 6.45) is 5.54. The van der Waals surface area contributed by atoms with Gasteiger partial charge in [-0.2, -0.15) is 0 Å². The van der Waals surface area contributed by atoms with Crippen molar-refractivity contribution >= 4 is 22.6 Å². The van der Waals surface area contributed by atoms with Crippen LogP contribution in [-0.4, -0.2) is 50.9 Å². The van der Waals surface area contributed by atoms with Gasteiger partial charge in [-0.15, -0.1) is 0 Å². The number of amides is 1. The minimum absolute atomic E-state index is 0.147. The van der Waals surface area contributed by atoms with E-state index in [-0.39, 0.29) is 11.5 Å². The highest BCUT2D eigenvalue weighted by molar-refractivity contribution is 5.92. The first-order valence-electron chi connectivity index (χ1n) is 10.5. The van der Waals surface area contributed by atoms with Gasteiger partial charge >= 0.3 is 0 Å². The Morgan fingerprint density at radius 2 is 2.13 bits per heavy atom. The summed E-state index contributed by atoms with van der Waals surface area (Å²) in [4.78, 5) is 42.3. The Bertz CT molecular complexity index is 1230. The van der Waals surface area contributed by atoms with E-state index in [1.807, 2.05) is 32.2 Å². The van der Waals surface area contributed by atoms with E-state index in [1.54, 1.807) is 13.1 Å². The number of hydrogen-bond donors (Lipinski definition) is 2. The van der Waals surface area contributed by atoms with Crippen molar-refractivity contribution in [2.45, 2.75) is 33.2 Å². The average molecular weight is 419 g/mol. The molecular weight excluding hydrogens is 392 g/mol. The van der Waals surface area contributed by atoms with Crippen LogP contribution in [0, 0.1) is 6.92 Å². The fourth-order valence-corrected chi connectivity index (χ4v) is 3.89.